The Kier molecular flexibility index (Phi) is 8.38. The minimum absolute atomic E-state index is 0.0463. The van der Waals surface area contributed by atoms with Crippen molar-refractivity contribution >= 4 is 40.1 Å². The van der Waals surface area contributed by atoms with Crippen molar-refractivity contribution in [3.05, 3.63) is 112 Å². The molecule has 0 amide bonds. The van der Waals surface area contributed by atoms with Crippen LogP contribution < -0.4 is 14.7 Å². The van der Waals surface area contributed by atoms with Crippen molar-refractivity contribution in [2.24, 2.45) is 0 Å². The summed E-state index contributed by atoms with van der Waals surface area (Å²) in [6.45, 7) is 4.43. The van der Waals surface area contributed by atoms with E-state index >= 15 is 0 Å². The summed E-state index contributed by atoms with van der Waals surface area (Å²) in [5, 5.41) is 9.85. The van der Waals surface area contributed by atoms with E-state index in [4.69, 9.17) is 16.6 Å². The SMILES string of the molecule is C[C@@H]1CN(c2ncc(CO)cc2Cl)CCN1c1nc2c(N(Cc3ccccc3)Cc3ccccc3)cc(C(F)(F)F)cc2[nH]1. The molecule has 0 aliphatic carbocycles. The van der Waals surface area contributed by atoms with Crippen molar-refractivity contribution in [1.29, 1.82) is 0 Å². The van der Waals surface area contributed by atoms with Crippen molar-refractivity contribution in [3.8, 4) is 0 Å². The molecule has 3 heterocycles. The number of aliphatic hydroxyl groups excluding tert-OH is 1. The summed E-state index contributed by atoms with van der Waals surface area (Å²) in [4.78, 5) is 18.7. The second kappa shape index (κ2) is 12.4. The van der Waals surface area contributed by atoms with E-state index in [9.17, 15) is 18.3 Å². The summed E-state index contributed by atoms with van der Waals surface area (Å²) in [5.74, 6) is 1.15. The monoisotopic (exact) mass is 620 g/mol. The first-order chi connectivity index (χ1) is 21.2. The van der Waals surface area contributed by atoms with Crippen molar-refractivity contribution in [1.82, 2.24) is 15.0 Å². The van der Waals surface area contributed by atoms with E-state index in [1.54, 1.807) is 12.3 Å². The van der Waals surface area contributed by atoms with Gasteiger partial charge in [-0.3, -0.25) is 0 Å². The fourth-order valence-corrected chi connectivity index (χ4v) is 6.02. The number of fused-ring (bicyclic) bond motifs is 1. The molecule has 0 radical (unpaired) electrons. The topological polar surface area (TPSA) is 71.5 Å². The van der Waals surface area contributed by atoms with E-state index in [1.165, 1.54) is 6.07 Å². The van der Waals surface area contributed by atoms with Gasteiger partial charge in [0.05, 0.1) is 28.4 Å². The highest BCUT2D eigenvalue weighted by atomic mass is 35.5. The van der Waals surface area contributed by atoms with Gasteiger partial charge in [0.25, 0.3) is 0 Å². The fourth-order valence-electron chi connectivity index (χ4n) is 5.71. The Balaban J connectivity index is 1.36. The van der Waals surface area contributed by atoms with Crippen molar-refractivity contribution in [2.45, 2.75) is 38.8 Å². The second-order valence-electron chi connectivity index (χ2n) is 11.1. The quantitative estimate of drug-likeness (QED) is 0.194. The number of hydrogen-bond acceptors (Lipinski definition) is 6. The van der Waals surface area contributed by atoms with Gasteiger partial charge in [-0.2, -0.15) is 13.2 Å². The second-order valence-corrected chi connectivity index (χ2v) is 11.5. The van der Waals surface area contributed by atoms with E-state index < -0.39 is 11.7 Å². The number of aromatic amines is 1. The Labute approximate surface area is 258 Å². The molecule has 11 heteroatoms. The number of anilines is 3. The molecule has 7 nitrogen and oxygen atoms in total. The number of halogens is 4. The number of aliphatic hydroxyl groups is 1. The lowest BCUT2D eigenvalue weighted by Gasteiger charge is -2.40. The predicted molar refractivity (Wildman–Crippen MR) is 168 cm³/mol. The van der Waals surface area contributed by atoms with E-state index in [0.29, 0.717) is 71.8 Å². The van der Waals surface area contributed by atoms with E-state index in [0.717, 1.165) is 17.2 Å². The Morgan fingerprint density at radius 1 is 0.955 bits per heavy atom. The van der Waals surface area contributed by atoms with Gasteiger partial charge < -0.3 is 24.8 Å². The third kappa shape index (κ3) is 6.32. The summed E-state index contributed by atoms with van der Waals surface area (Å²) in [6.07, 6.45) is -2.93. The molecule has 0 bridgehead atoms. The van der Waals surface area contributed by atoms with E-state index in [-0.39, 0.29) is 12.6 Å². The number of rotatable bonds is 8. The average molecular weight is 621 g/mol. The summed E-state index contributed by atoms with van der Waals surface area (Å²) in [5.41, 5.74) is 3.09. The molecule has 1 aliphatic rings. The maximum atomic E-state index is 14.2. The first-order valence-corrected chi connectivity index (χ1v) is 14.8. The molecule has 3 aromatic carbocycles. The summed E-state index contributed by atoms with van der Waals surface area (Å²) < 4.78 is 42.7. The highest BCUT2D eigenvalue weighted by Crippen LogP contribution is 2.38. The van der Waals surface area contributed by atoms with Crippen LogP contribution in [-0.4, -0.2) is 45.7 Å². The number of benzene rings is 3. The number of nitrogens with one attached hydrogen (secondary N) is 1. The summed E-state index contributed by atoms with van der Waals surface area (Å²) >= 11 is 6.47. The van der Waals surface area contributed by atoms with Gasteiger partial charge in [-0.05, 0) is 41.8 Å². The first-order valence-electron chi connectivity index (χ1n) is 14.4. The van der Waals surface area contributed by atoms with Gasteiger partial charge in [0.2, 0.25) is 5.95 Å². The number of aromatic nitrogens is 3. The summed E-state index contributed by atoms with van der Waals surface area (Å²) in [6, 6.07) is 23.4. The molecular weight excluding hydrogens is 589 g/mol. The number of hydrogen-bond donors (Lipinski definition) is 2. The molecule has 0 saturated carbocycles. The highest BCUT2D eigenvalue weighted by Gasteiger charge is 2.34. The molecule has 6 rings (SSSR count). The van der Waals surface area contributed by atoms with Crippen molar-refractivity contribution in [2.75, 3.05) is 34.3 Å². The third-order valence-corrected chi connectivity index (χ3v) is 8.19. The zero-order valence-electron chi connectivity index (χ0n) is 24.1. The molecule has 1 saturated heterocycles. The van der Waals surface area contributed by atoms with Crippen molar-refractivity contribution in [3.63, 3.8) is 0 Å². The van der Waals surface area contributed by atoms with Gasteiger partial charge in [-0.25, -0.2) is 9.97 Å². The smallest absolute Gasteiger partial charge is 0.392 e. The minimum Gasteiger partial charge on any atom is -0.392 e. The lowest BCUT2D eigenvalue weighted by atomic mass is 10.1. The zero-order chi connectivity index (χ0) is 30.8. The average Bonchev–Trinajstić information content (AvgIpc) is 3.45. The number of H-pyrrole nitrogens is 1. The minimum atomic E-state index is -4.53. The predicted octanol–water partition coefficient (Wildman–Crippen LogP) is 7.04. The fraction of sp³-hybridized carbons (Fsp3) is 0.273. The number of alkyl halides is 3. The molecule has 1 aliphatic heterocycles. The van der Waals surface area contributed by atoms with Gasteiger partial charge in [0.1, 0.15) is 11.3 Å². The van der Waals surface area contributed by atoms with Crippen LogP contribution in [0.4, 0.5) is 30.6 Å². The Morgan fingerprint density at radius 3 is 2.18 bits per heavy atom. The number of piperazine rings is 1. The van der Waals surface area contributed by atoms with Crippen LogP contribution in [0, 0.1) is 0 Å². The van der Waals surface area contributed by atoms with Crippen LogP contribution in [0.1, 0.15) is 29.2 Å². The molecule has 1 fully saturated rings. The molecule has 2 N–H and O–H groups in total. The van der Waals surface area contributed by atoms with Crippen LogP contribution in [0.2, 0.25) is 5.02 Å². The van der Waals surface area contributed by atoms with Crippen LogP contribution >= 0.6 is 11.6 Å². The van der Waals surface area contributed by atoms with Crippen LogP contribution in [0.15, 0.2) is 85.1 Å². The zero-order valence-corrected chi connectivity index (χ0v) is 24.9. The number of pyridine rings is 1. The van der Waals surface area contributed by atoms with Crippen LogP contribution in [0.25, 0.3) is 11.0 Å². The molecule has 44 heavy (non-hydrogen) atoms. The Hall–Kier alpha value is -4.28. The van der Waals surface area contributed by atoms with Crippen LogP contribution in [0.5, 0.6) is 0 Å². The molecule has 0 unspecified atom stereocenters. The normalized spacial score (nSPS) is 15.6. The van der Waals surface area contributed by atoms with E-state index in [2.05, 4.69) is 19.8 Å². The van der Waals surface area contributed by atoms with Gasteiger partial charge in [-0.1, -0.05) is 72.3 Å². The van der Waals surface area contributed by atoms with Crippen LogP contribution in [0.3, 0.4) is 0 Å². The van der Waals surface area contributed by atoms with Gasteiger partial charge in [-0.15, -0.1) is 0 Å². The lowest BCUT2D eigenvalue weighted by Crippen LogP contribution is -2.52. The largest absolute Gasteiger partial charge is 0.416 e. The molecule has 0 spiro atoms. The Bertz CT molecular complexity index is 1690. The molecule has 2 aromatic heterocycles. The van der Waals surface area contributed by atoms with Crippen molar-refractivity contribution < 1.29 is 18.3 Å². The Morgan fingerprint density at radius 2 is 1.61 bits per heavy atom. The third-order valence-electron chi connectivity index (χ3n) is 7.91. The number of imidazole rings is 1. The van der Waals surface area contributed by atoms with E-state index in [1.807, 2.05) is 72.5 Å². The maximum Gasteiger partial charge on any atom is 0.416 e. The van der Waals surface area contributed by atoms with Crippen LogP contribution in [-0.2, 0) is 25.9 Å². The summed E-state index contributed by atoms with van der Waals surface area (Å²) in [7, 11) is 0. The standard InChI is InChI=1S/C33H32ClF3N6O/c1-22-18-41(31-27(34)14-25(21-44)17-38-31)12-13-43(22)32-39-28-15-26(33(35,36)37)16-29(30(28)40-32)42(19-23-8-4-2-5-9-23)20-24-10-6-3-7-11-24/h2-11,14-17,22,44H,12-13,18-21H2,1H3,(H,39,40)/t22-/m1/s1. The maximum absolute atomic E-state index is 14.2. The van der Waals surface area contributed by atoms with Gasteiger partial charge in [0, 0.05) is 45.0 Å². The van der Waals surface area contributed by atoms with Gasteiger partial charge in [0.15, 0.2) is 0 Å². The molecule has 228 valence electrons. The van der Waals surface area contributed by atoms with Gasteiger partial charge >= 0.3 is 6.18 Å². The lowest BCUT2D eigenvalue weighted by molar-refractivity contribution is -0.137. The number of nitrogens with zero attached hydrogens (tertiary/aromatic N) is 5. The molecule has 5 aromatic rings. The highest BCUT2D eigenvalue weighted by molar-refractivity contribution is 6.33. The first kappa shape index (κ1) is 29.8. The molecular formula is C33H32ClF3N6O. The molecule has 1 atom stereocenters.